The van der Waals surface area contributed by atoms with Gasteiger partial charge in [-0.05, 0) is 68.5 Å². The summed E-state index contributed by atoms with van der Waals surface area (Å²) in [5.74, 6) is -0.375. The molecule has 0 aliphatic heterocycles. The molecule has 0 saturated carbocycles. The number of hydrogen-bond donors (Lipinski definition) is 2. The van der Waals surface area contributed by atoms with E-state index in [0.717, 1.165) is 21.2 Å². The first-order chi connectivity index (χ1) is 15.6. The number of amides is 1. The van der Waals surface area contributed by atoms with Crippen molar-refractivity contribution in [1.29, 1.82) is 0 Å². The molecule has 5 nitrogen and oxygen atoms in total. The smallest absolute Gasteiger partial charge is 0.241 e. The Kier molecular flexibility index (Phi) is 8.10. The molecule has 174 valence electrons. The van der Waals surface area contributed by atoms with Crippen molar-refractivity contribution >= 4 is 31.9 Å². The summed E-state index contributed by atoms with van der Waals surface area (Å²) in [7, 11) is -3.93. The Labute approximate surface area is 204 Å². The Morgan fingerprint density at radius 3 is 2.09 bits per heavy atom. The Bertz CT molecular complexity index is 1200. The SMILES string of the molecule is Cc1cc(C)c(S(=O)(=O)N[C@H](Cc2ccccc2)C(=O)N[C@@H](C)c2ccc(Br)cc2)c(C)c1. The van der Waals surface area contributed by atoms with Crippen LogP contribution >= 0.6 is 15.9 Å². The lowest BCUT2D eigenvalue weighted by Crippen LogP contribution is -2.48. The van der Waals surface area contributed by atoms with Crippen LogP contribution in [-0.4, -0.2) is 20.4 Å². The van der Waals surface area contributed by atoms with Gasteiger partial charge in [0.1, 0.15) is 6.04 Å². The Morgan fingerprint density at radius 2 is 1.52 bits per heavy atom. The maximum atomic E-state index is 13.4. The van der Waals surface area contributed by atoms with E-state index < -0.39 is 16.1 Å². The van der Waals surface area contributed by atoms with Gasteiger partial charge >= 0.3 is 0 Å². The van der Waals surface area contributed by atoms with Crippen LogP contribution in [0.1, 0.15) is 40.8 Å². The summed E-state index contributed by atoms with van der Waals surface area (Å²) in [5, 5.41) is 2.97. The van der Waals surface area contributed by atoms with Crippen molar-refractivity contribution < 1.29 is 13.2 Å². The first kappa shape index (κ1) is 25.1. The number of halogens is 1. The summed E-state index contributed by atoms with van der Waals surface area (Å²) in [5.41, 5.74) is 4.10. The number of sulfonamides is 1. The molecule has 0 bridgehead atoms. The summed E-state index contributed by atoms with van der Waals surface area (Å²) in [6.07, 6.45) is 0.239. The highest BCUT2D eigenvalue weighted by atomic mass is 79.9. The van der Waals surface area contributed by atoms with E-state index in [9.17, 15) is 13.2 Å². The highest BCUT2D eigenvalue weighted by Crippen LogP contribution is 2.23. The van der Waals surface area contributed by atoms with E-state index in [-0.39, 0.29) is 23.3 Å². The van der Waals surface area contributed by atoms with E-state index in [4.69, 9.17) is 0 Å². The van der Waals surface area contributed by atoms with Gasteiger partial charge in [0, 0.05) is 4.47 Å². The lowest BCUT2D eigenvalue weighted by atomic mass is 10.0. The van der Waals surface area contributed by atoms with Gasteiger partial charge in [0.05, 0.1) is 10.9 Å². The van der Waals surface area contributed by atoms with Gasteiger partial charge in [0.2, 0.25) is 15.9 Å². The molecule has 0 aromatic heterocycles. The second-order valence-corrected chi connectivity index (χ2v) is 10.9. The number of rotatable bonds is 8. The third-order valence-electron chi connectivity index (χ3n) is 5.50. The standard InChI is InChI=1S/C26H29BrN2O3S/c1-17-14-18(2)25(19(3)15-17)33(31,32)29-24(16-21-8-6-5-7-9-21)26(30)28-20(4)22-10-12-23(27)13-11-22/h5-15,20,24,29H,16H2,1-4H3,(H,28,30)/t20-,24+/m0/s1. The largest absolute Gasteiger partial charge is 0.348 e. The molecule has 33 heavy (non-hydrogen) atoms. The fourth-order valence-corrected chi connectivity index (χ4v) is 5.94. The van der Waals surface area contributed by atoms with Crippen LogP contribution in [0.2, 0.25) is 0 Å². The van der Waals surface area contributed by atoms with Crippen LogP contribution in [0.25, 0.3) is 0 Å². The van der Waals surface area contributed by atoms with Gasteiger partial charge in [-0.3, -0.25) is 4.79 Å². The third-order valence-corrected chi connectivity index (χ3v) is 7.80. The quantitative estimate of drug-likeness (QED) is 0.424. The number of carbonyl (C=O) groups is 1. The average molecular weight is 530 g/mol. The molecule has 2 atom stereocenters. The average Bonchev–Trinajstić information content (AvgIpc) is 2.73. The minimum absolute atomic E-state index is 0.222. The minimum Gasteiger partial charge on any atom is -0.348 e. The van der Waals surface area contributed by atoms with Crippen LogP contribution in [0.5, 0.6) is 0 Å². The van der Waals surface area contributed by atoms with Crippen molar-refractivity contribution in [1.82, 2.24) is 10.0 Å². The maximum Gasteiger partial charge on any atom is 0.241 e. The summed E-state index contributed by atoms with van der Waals surface area (Å²) in [6, 6.07) is 19.5. The summed E-state index contributed by atoms with van der Waals surface area (Å²) in [6.45, 7) is 7.36. The van der Waals surface area contributed by atoms with Gasteiger partial charge in [-0.15, -0.1) is 0 Å². The fourth-order valence-electron chi connectivity index (χ4n) is 4.02. The normalized spacial score (nSPS) is 13.4. The molecular formula is C26H29BrN2O3S. The molecule has 3 rings (SSSR count). The van der Waals surface area contributed by atoms with E-state index in [2.05, 4.69) is 26.0 Å². The zero-order chi connectivity index (χ0) is 24.2. The second-order valence-electron chi connectivity index (χ2n) is 8.37. The van der Waals surface area contributed by atoms with E-state index in [1.54, 1.807) is 13.8 Å². The van der Waals surface area contributed by atoms with Crippen LogP contribution in [-0.2, 0) is 21.2 Å². The van der Waals surface area contributed by atoms with E-state index in [1.807, 2.05) is 80.6 Å². The van der Waals surface area contributed by atoms with Crippen molar-refractivity contribution in [2.75, 3.05) is 0 Å². The highest BCUT2D eigenvalue weighted by Gasteiger charge is 2.29. The number of carbonyl (C=O) groups excluding carboxylic acids is 1. The molecule has 0 fully saturated rings. The van der Waals surface area contributed by atoms with Gasteiger partial charge in [-0.25, -0.2) is 8.42 Å². The maximum absolute atomic E-state index is 13.4. The van der Waals surface area contributed by atoms with Crippen molar-refractivity contribution in [2.24, 2.45) is 0 Å². The Morgan fingerprint density at radius 1 is 0.939 bits per heavy atom. The van der Waals surface area contributed by atoms with Crippen molar-refractivity contribution in [3.8, 4) is 0 Å². The van der Waals surface area contributed by atoms with Gasteiger partial charge in [-0.2, -0.15) is 4.72 Å². The van der Waals surface area contributed by atoms with Crippen LogP contribution in [0.3, 0.4) is 0 Å². The molecule has 0 aliphatic carbocycles. The number of benzene rings is 3. The lowest BCUT2D eigenvalue weighted by molar-refractivity contribution is -0.123. The molecule has 1 amide bonds. The van der Waals surface area contributed by atoms with Crippen LogP contribution < -0.4 is 10.0 Å². The predicted molar refractivity (Wildman–Crippen MR) is 136 cm³/mol. The predicted octanol–water partition coefficient (Wildman–Crippen LogP) is 5.14. The summed E-state index contributed by atoms with van der Waals surface area (Å²) in [4.78, 5) is 13.5. The Balaban J connectivity index is 1.89. The van der Waals surface area contributed by atoms with Crippen molar-refractivity contribution in [3.05, 3.63) is 99.0 Å². The molecular weight excluding hydrogens is 500 g/mol. The van der Waals surface area contributed by atoms with E-state index in [0.29, 0.717) is 11.1 Å². The van der Waals surface area contributed by atoms with E-state index in [1.165, 1.54) is 0 Å². The molecule has 0 saturated heterocycles. The van der Waals surface area contributed by atoms with Gasteiger partial charge in [-0.1, -0.05) is 76.1 Å². The summed E-state index contributed by atoms with van der Waals surface area (Å²) >= 11 is 3.41. The van der Waals surface area contributed by atoms with Gasteiger partial charge < -0.3 is 5.32 Å². The van der Waals surface area contributed by atoms with E-state index >= 15 is 0 Å². The van der Waals surface area contributed by atoms with Crippen molar-refractivity contribution in [2.45, 2.75) is 51.1 Å². The first-order valence-electron chi connectivity index (χ1n) is 10.8. The monoisotopic (exact) mass is 528 g/mol. The molecule has 3 aromatic rings. The molecule has 0 aliphatic rings. The van der Waals surface area contributed by atoms with Gasteiger partial charge in [0.15, 0.2) is 0 Å². The van der Waals surface area contributed by atoms with Crippen LogP contribution in [0.15, 0.2) is 76.1 Å². The minimum atomic E-state index is -3.93. The number of nitrogens with one attached hydrogen (secondary N) is 2. The zero-order valence-electron chi connectivity index (χ0n) is 19.2. The lowest BCUT2D eigenvalue weighted by Gasteiger charge is -2.23. The number of aryl methyl sites for hydroxylation is 3. The molecule has 0 spiro atoms. The molecule has 2 N–H and O–H groups in total. The van der Waals surface area contributed by atoms with Crippen LogP contribution in [0.4, 0.5) is 0 Å². The molecule has 0 radical (unpaired) electrons. The third kappa shape index (κ3) is 6.53. The molecule has 0 heterocycles. The van der Waals surface area contributed by atoms with Crippen LogP contribution in [0, 0.1) is 20.8 Å². The first-order valence-corrected chi connectivity index (χ1v) is 13.0. The molecule has 0 unspecified atom stereocenters. The van der Waals surface area contributed by atoms with Crippen molar-refractivity contribution in [3.63, 3.8) is 0 Å². The summed E-state index contributed by atoms with van der Waals surface area (Å²) < 4.78 is 30.4. The highest BCUT2D eigenvalue weighted by molar-refractivity contribution is 9.10. The fraction of sp³-hybridized carbons (Fsp3) is 0.269. The number of hydrogen-bond acceptors (Lipinski definition) is 3. The molecule has 7 heteroatoms. The topological polar surface area (TPSA) is 75.3 Å². The second kappa shape index (κ2) is 10.6. The zero-order valence-corrected chi connectivity index (χ0v) is 21.6. The Hall–Kier alpha value is -2.48. The molecule has 3 aromatic carbocycles. The van der Waals surface area contributed by atoms with Gasteiger partial charge in [0.25, 0.3) is 0 Å².